The average molecular weight is 442 g/mol. The predicted octanol–water partition coefficient (Wildman–Crippen LogP) is 3.70. The van der Waals surface area contributed by atoms with E-state index < -0.39 is 0 Å². The van der Waals surface area contributed by atoms with Crippen molar-refractivity contribution in [3.63, 3.8) is 0 Å². The van der Waals surface area contributed by atoms with Crippen molar-refractivity contribution < 1.29 is 9.53 Å². The molecule has 0 aromatic heterocycles. The van der Waals surface area contributed by atoms with Gasteiger partial charge in [0.25, 0.3) is 0 Å². The van der Waals surface area contributed by atoms with Gasteiger partial charge in [-0.1, -0.05) is 54.1 Å². The fourth-order valence-corrected chi connectivity index (χ4v) is 4.67. The third-order valence-electron chi connectivity index (χ3n) is 6.20. The summed E-state index contributed by atoms with van der Waals surface area (Å²) in [5.41, 5.74) is 3.57. The molecule has 0 spiro atoms. The van der Waals surface area contributed by atoms with Crippen LogP contribution in [0.1, 0.15) is 29.5 Å². The molecule has 2 aliphatic heterocycles. The van der Waals surface area contributed by atoms with E-state index in [1.54, 1.807) is 0 Å². The minimum atomic E-state index is 0.0350. The lowest BCUT2D eigenvalue weighted by Crippen LogP contribution is -2.42. The van der Waals surface area contributed by atoms with Gasteiger partial charge in [0.2, 0.25) is 5.91 Å². The zero-order valence-electron chi connectivity index (χ0n) is 18.1. The van der Waals surface area contributed by atoms with Gasteiger partial charge in [-0.25, -0.2) is 0 Å². The fourth-order valence-electron chi connectivity index (χ4n) is 4.47. The minimum Gasteiger partial charge on any atom is -0.379 e. The van der Waals surface area contributed by atoms with E-state index in [2.05, 4.69) is 45.4 Å². The molecule has 0 unspecified atom stereocenters. The third-order valence-corrected chi connectivity index (χ3v) is 6.56. The summed E-state index contributed by atoms with van der Waals surface area (Å²) in [7, 11) is 0. The van der Waals surface area contributed by atoms with E-state index in [1.807, 2.05) is 18.2 Å². The Morgan fingerprint density at radius 1 is 1.00 bits per heavy atom. The molecule has 2 heterocycles. The van der Waals surface area contributed by atoms with Gasteiger partial charge in [-0.05, 0) is 42.1 Å². The summed E-state index contributed by atoms with van der Waals surface area (Å²) in [6.07, 6.45) is 1.99. The summed E-state index contributed by atoms with van der Waals surface area (Å²) >= 11 is 6.32. The summed E-state index contributed by atoms with van der Waals surface area (Å²) in [5.74, 6) is 0.190. The first-order valence-electron chi connectivity index (χ1n) is 11.3. The second kappa shape index (κ2) is 11.1. The molecule has 2 fully saturated rings. The molecule has 2 aliphatic rings. The zero-order chi connectivity index (χ0) is 21.5. The molecule has 2 aromatic rings. The highest BCUT2D eigenvalue weighted by atomic mass is 35.5. The second-order valence-corrected chi connectivity index (χ2v) is 9.00. The summed E-state index contributed by atoms with van der Waals surface area (Å²) < 4.78 is 5.43. The number of rotatable bonds is 7. The zero-order valence-corrected chi connectivity index (χ0v) is 18.8. The number of halogens is 1. The van der Waals surface area contributed by atoms with Gasteiger partial charge in [0.1, 0.15) is 0 Å². The average Bonchev–Trinajstić information content (AvgIpc) is 2.80. The number of carbonyl (C=O) groups excluding carboxylic acids is 1. The third kappa shape index (κ3) is 6.53. The number of amides is 1. The van der Waals surface area contributed by atoms with E-state index in [-0.39, 0.29) is 11.8 Å². The van der Waals surface area contributed by atoms with Gasteiger partial charge < -0.3 is 10.1 Å². The molecule has 5 nitrogen and oxygen atoms in total. The Bertz CT molecular complexity index is 869. The molecule has 2 saturated heterocycles. The number of likely N-dealkylation sites (tertiary alicyclic amines) is 1. The molecule has 31 heavy (non-hydrogen) atoms. The van der Waals surface area contributed by atoms with Crippen LogP contribution < -0.4 is 5.32 Å². The lowest BCUT2D eigenvalue weighted by molar-refractivity contribution is -0.126. The molecular formula is C25H32ClN3O2. The van der Waals surface area contributed by atoms with E-state index in [9.17, 15) is 4.79 Å². The Kier molecular flexibility index (Phi) is 7.97. The quantitative estimate of drug-likeness (QED) is 0.711. The monoisotopic (exact) mass is 441 g/mol. The van der Waals surface area contributed by atoms with Crippen molar-refractivity contribution in [2.75, 3.05) is 39.4 Å². The second-order valence-electron chi connectivity index (χ2n) is 8.59. The number of ether oxygens (including phenoxy) is 1. The molecule has 0 radical (unpaired) electrons. The largest absolute Gasteiger partial charge is 0.379 e. The van der Waals surface area contributed by atoms with Crippen molar-refractivity contribution >= 4 is 17.5 Å². The maximum Gasteiger partial charge on any atom is 0.224 e. The topological polar surface area (TPSA) is 44.8 Å². The number of nitrogens with zero attached hydrogens (tertiary/aromatic N) is 2. The van der Waals surface area contributed by atoms with Crippen molar-refractivity contribution in [1.29, 1.82) is 0 Å². The van der Waals surface area contributed by atoms with Gasteiger partial charge in [0.15, 0.2) is 0 Å². The molecule has 0 saturated carbocycles. The summed E-state index contributed by atoms with van der Waals surface area (Å²) in [6.45, 7) is 7.69. The van der Waals surface area contributed by atoms with Crippen LogP contribution in [0.4, 0.5) is 0 Å². The van der Waals surface area contributed by atoms with Crippen molar-refractivity contribution in [3.05, 3.63) is 70.2 Å². The standard InChI is InChI=1S/C25H32ClN3O2/c26-24-9-2-1-7-22(24)18-29-10-4-8-23(19-29)25(30)27-16-20-5-3-6-21(15-20)17-28-11-13-31-14-12-28/h1-3,5-7,9,15,23H,4,8,10-14,16-19H2,(H,27,30)/t23-/m0/s1. The molecule has 1 atom stereocenters. The highest BCUT2D eigenvalue weighted by Gasteiger charge is 2.26. The van der Waals surface area contributed by atoms with Gasteiger partial charge in [-0.2, -0.15) is 0 Å². The van der Waals surface area contributed by atoms with Crippen LogP contribution in [0.2, 0.25) is 5.02 Å². The van der Waals surface area contributed by atoms with Crippen molar-refractivity contribution in [2.24, 2.45) is 5.92 Å². The van der Waals surface area contributed by atoms with Crippen molar-refractivity contribution in [1.82, 2.24) is 15.1 Å². The number of benzene rings is 2. The molecule has 1 amide bonds. The van der Waals surface area contributed by atoms with Gasteiger partial charge in [-0.3, -0.25) is 14.6 Å². The Labute approximate surface area is 190 Å². The fraction of sp³-hybridized carbons (Fsp3) is 0.480. The van der Waals surface area contributed by atoms with Crippen LogP contribution in [-0.2, 0) is 29.2 Å². The molecule has 166 valence electrons. The molecule has 0 aliphatic carbocycles. The van der Waals surface area contributed by atoms with Crippen LogP contribution in [0, 0.1) is 5.92 Å². The van der Waals surface area contributed by atoms with Crippen LogP contribution in [0.5, 0.6) is 0 Å². The highest BCUT2D eigenvalue weighted by molar-refractivity contribution is 6.31. The van der Waals surface area contributed by atoms with Crippen molar-refractivity contribution in [2.45, 2.75) is 32.5 Å². The number of hydrogen-bond acceptors (Lipinski definition) is 4. The van der Waals surface area contributed by atoms with E-state index in [0.717, 1.165) is 81.5 Å². The number of piperidine rings is 1. The summed E-state index contributed by atoms with van der Waals surface area (Å²) in [5, 5.41) is 3.97. The Morgan fingerprint density at radius 3 is 2.65 bits per heavy atom. The number of carbonyl (C=O) groups is 1. The SMILES string of the molecule is O=C(NCc1cccc(CN2CCOCC2)c1)[C@H]1CCCN(Cc2ccccc2Cl)C1. The molecule has 0 bridgehead atoms. The lowest BCUT2D eigenvalue weighted by atomic mass is 9.96. The number of morpholine rings is 1. The Morgan fingerprint density at radius 2 is 1.81 bits per heavy atom. The van der Waals surface area contributed by atoms with Crippen LogP contribution >= 0.6 is 11.6 Å². The molecular weight excluding hydrogens is 410 g/mol. The van der Waals surface area contributed by atoms with Crippen LogP contribution in [0.15, 0.2) is 48.5 Å². The van der Waals surface area contributed by atoms with E-state index in [1.165, 1.54) is 5.56 Å². The molecule has 1 N–H and O–H groups in total. The van der Waals surface area contributed by atoms with Crippen molar-refractivity contribution in [3.8, 4) is 0 Å². The Hall–Kier alpha value is -1.92. The predicted molar refractivity (Wildman–Crippen MR) is 124 cm³/mol. The van der Waals surface area contributed by atoms with E-state index in [4.69, 9.17) is 16.3 Å². The van der Waals surface area contributed by atoms with Crippen LogP contribution in [0.3, 0.4) is 0 Å². The van der Waals surface area contributed by atoms with Gasteiger partial charge in [0.05, 0.1) is 19.1 Å². The van der Waals surface area contributed by atoms with Crippen LogP contribution in [0.25, 0.3) is 0 Å². The molecule has 2 aromatic carbocycles. The maximum absolute atomic E-state index is 12.9. The van der Waals surface area contributed by atoms with E-state index >= 15 is 0 Å². The number of nitrogens with one attached hydrogen (secondary N) is 1. The number of hydrogen-bond donors (Lipinski definition) is 1. The van der Waals surface area contributed by atoms with E-state index in [0.29, 0.717) is 6.54 Å². The minimum absolute atomic E-state index is 0.0350. The maximum atomic E-state index is 12.9. The lowest BCUT2D eigenvalue weighted by Gasteiger charge is -2.32. The first-order valence-corrected chi connectivity index (χ1v) is 11.7. The normalized spacial score (nSPS) is 20.5. The Balaban J connectivity index is 1.27. The highest BCUT2D eigenvalue weighted by Crippen LogP contribution is 2.22. The van der Waals surface area contributed by atoms with Gasteiger partial charge in [0, 0.05) is 44.3 Å². The first-order chi connectivity index (χ1) is 15.2. The molecule has 4 rings (SSSR count). The molecule has 6 heteroatoms. The summed E-state index contributed by atoms with van der Waals surface area (Å²) in [4.78, 5) is 17.6. The first kappa shape index (κ1) is 22.3. The van der Waals surface area contributed by atoms with Gasteiger partial charge >= 0.3 is 0 Å². The van der Waals surface area contributed by atoms with Gasteiger partial charge in [-0.15, -0.1) is 0 Å². The smallest absolute Gasteiger partial charge is 0.224 e. The summed E-state index contributed by atoms with van der Waals surface area (Å²) in [6, 6.07) is 16.5. The van der Waals surface area contributed by atoms with Crippen LogP contribution in [-0.4, -0.2) is 55.1 Å².